The molecule has 0 bridgehead atoms. The summed E-state index contributed by atoms with van der Waals surface area (Å²) in [6, 6.07) is 15.3. The van der Waals surface area contributed by atoms with Gasteiger partial charge in [-0.05, 0) is 48.4 Å². The van der Waals surface area contributed by atoms with Crippen LogP contribution in [-0.4, -0.2) is 5.88 Å². The quantitative estimate of drug-likeness (QED) is 0.632. The molecule has 0 spiro atoms. The van der Waals surface area contributed by atoms with E-state index < -0.39 is 0 Å². The van der Waals surface area contributed by atoms with Gasteiger partial charge in [-0.15, -0.1) is 11.6 Å². The van der Waals surface area contributed by atoms with Crippen LogP contribution < -0.4 is 4.74 Å². The predicted octanol–water partition coefficient (Wildman–Crippen LogP) is 4.04. The Balaban J connectivity index is 2.08. The van der Waals surface area contributed by atoms with Gasteiger partial charge in [-0.1, -0.05) is 24.0 Å². The fourth-order valence-electron chi connectivity index (χ4n) is 1.89. The van der Waals surface area contributed by atoms with Crippen molar-refractivity contribution in [3.8, 4) is 23.7 Å². The smallest absolute Gasteiger partial charge is 0.121 e. The number of benzene rings is 2. The van der Waals surface area contributed by atoms with Crippen LogP contribution in [0.1, 0.15) is 22.3 Å². The summed E-state index contributed by atoms with van der Waals surface area (Å²) < 4.78 is 5.78. The number of rotatable bonds is 3. The van der Waals surface area contributed by atoms with Gasteiger partial charge in [-0.25, -0.2) is 0 Å². The van der Waals surface area contributed by atoms with Crippen LogP contribution >= 0.6 is 11.6 Å². The highest BCUT2D eigenvalue weighted by molar-refractivity contribution is 6.19. The van der Waals surface area contributed by atoms with Crippen molar-refractivity contribution in [1.29, 1.82) is 5.26 Å². The molecule has 3 heteroatoms. The van der Waals surface area contributed by atoms with Gasteiger partial charge in [0.15, 0.2) is 0 Å². The van der Waals surface area contributed by atoms with Gasteiger partial charge < -0.3 is 4.74 Å². The van der Waals surface area contributed by atoms with Gasteiger partial charge in [0, 0.05) is 5.56 Å². The molecular formula is C18H14ClNO. The van der Waals surface area contributed by atoms with Crippen molar-refractivity contribution < 1.29 is 4.74 Å². The van der Waals surface area contributed by atoms with E-state index in [1.54, 1.807) is 6.07 Å². The molecule has 0 aliphatic heterocycles. The third-order valence-electron chi connectivity index (χ3n) is 3.00. The minimum absolute atomic E-state index is 0.315. The molecule has 2 rings (SSSR count). The highest BCUT2D eigenvalue weighted by atomic mass is 35.5. The normalized spacial score (nSPS) is 9.38. The van der Waals surface area contributed by atoms with Crippen molar-refractivity contribution in [3.63, 3.8) is 0 Å². The van der Waals surface area contributed by atoms with Gasteiger partial charge in [0.25, 0.3) is 0 Å². The number of hydrogen-bond acceptors (Lipinski definition) is 2. The summed E-state index contributed by atoms with van der Waals surface area (Å²) in [5.74, 6) is 6.86. The highest BCUT2D eigenvalue weighted by Gasteiger charge is 2.02. The number of alkyl halides is 1. The van der Waals surface area contributed by atoms with Crippen LogP contribution in [-0.2, 0) is 6.61 Å². The Kier molecular flexibility index (Phi) is 5.27. The second kappa shape index (κ2) is 7.39. The molecule has 2 aromatic rings. The Morgan fingerprint density at radius 3 is 2.71 bits per heavy atom. The molecule has 0 unspecified atom stereocenters. The van der Waals surface area contributed by atoms with Crippen LogP contribution in [0.4, 0.5) is 0 Å². The van der Waals surface area contributed by atoms with E-state index >= 15 is 0 Å². The number of aryl methyl sites for hydroxylation is 1. The molecule has 0 aliphatic carbocycles. The van der Waals surface area contributed by atoms with E-state index in [0.717, 1.165) is 22.4 Å². The van der Waals surface area contributed by atoms with Crippen molar-refractivity contribution in [2.24, 2.45) is 0 Å². The molecule has 0 amide bonds. The molecule has 2 aromatic carbocycles. The summed E-state index contributed by atoms with van der Waals surface area (Å²) in [7, 11) is 0. The average molecular weight is 296 g/mol. The first-order valence-electron chi connectivity index (χ1n) is 6.50. The van der Waals surface area contributed by atoms with Crippen molar-refractivity contribution >= 4 is 11.6 Å². The maximum absolute atomic E-state index is 8.86. The third kappa shape index (κ3) is 4.28. The fraction of sp³-hybridized carbons (Fsp3) is 0.167. The maximum Gasteiger partial charge on any atom is 0.121 e. The highest BCUT2D eigenvalue weighted by Crippen LogP contribution is 2.17. The number of nitriles is 1. The molecule has 2 nitrogen and oxygen atoms in total. The molecule has 104 valence electrons. The zero-order valence-corrected chi connectivity index (χ0v) is 12.4. The lowest BCUT2D eigenvalue weighted by Gasteiger charge is -2.09. The van der Waals surface area contributed by atoms with E-state index in [-0.39, 0.29) is 0 Å². The third-order valence-corrected chi connectivity index (χ3v) is 3.13. The Morgan fingerprint density at radius 1 is 1.14 bits per heavy atom. The SMILES string of the molecule is Cc1cc(C#N)ccc1COc1cccc(C#CCCl)c1. The van der Waals surface area contributed by atoms with Gasteiger partial charge >= 0.3 is 0 Å². The van der Waals surface area contributed by atoms with Crippen LogP contribution in [0.3, 0.4) is 0 Å². The molecule has 21 heavy (non-hydrogen) atoms. The number of ether oxygens (including phenoxy) is 1. The van der Waals surface area contributed by atoms with Gasteiger partial charge in [-0.2, -0.15) is 5.26 Å². The molecule has 0 fully saturated rings. The Hall–Kier alpha value is -2.42. The summed E-state index contributed by atoms with van der Waals surface area (Å²) in [6.45, 7) is 2.44. The van der Waals surface area contributed by atoms with Crippen molar-refractivity contribution in [1.82, 2.24) is 0 Å². The van der Waals surface area contributed by atoms with E-state index in [0.29, 0.717) is 18.1 Å². The van der Waals surface area contributed by atoms with Crippen molar-refractivity contribution in [3.05, 3.63) is 64.7 Å². The van der Waals surface area contributed by atoms with Crippen LogP contribution in [0, 0.1) is 30.1 Å². The largest absolute Gasteiger partial charge is 0.489 e. The van der Waals surface area contributed by atoms with Crippen LogP contribution in [0.5, 0.6) is 5.75 Å². The second-order valence-corrected chi connectivity index (χ2v) is 4.77. The predicted molar refractivity (Wildman–Crippen MR) is 84.3 cm³/mol. The molecule has 0 saturated carbocycles. The number of hydrogen-bond donors (Lipinski definition) is 0. The summed E-state index contributed by atoms with van der Waals surface area (Å²) >= 11 is 5.55. The van der Waals surface area contributed by atoms with Crippen LogP contribution in [0.2, 0.25) is 0 Å². The zero-order chi connectivity index (χ0) is 15.1. The van der Waals surface area contributed by atoms with Gasteiger partial charge in [-0.3, -0.25) is 0 Å². The minimum atomic E-state index is 0.315. The fourth-order valence-corrected chi connectivity index (χ4v) is 1.95. The first-order valence-corrected chi connectivity index (χ1v) is 7.03. The minimum Gasteiger partial charge on any atom is -0.489 e. The van der Waals surface area contributed by atoms with Gasteiger partial charge in [0.05, 0.1) is 17.5 Å². The molecule has 0 saturated heterocycles. The lowest BCUT2D eigenvalue weighted by Crippen LogP contribution is -1.98. The molecular weight excluding hydrogens is 282 g/mol. The summed E-state index contributed by atoms with van der Waals surface area (Å²) in [5, 5.41) is 8.86. The Bertz CT molecular complexity index is 735. The number of nitrogens with zero attached hydrogens (tertiary/aromatic N) is 1. The molecule has 0 aromatic heterocycles. The average Bonchev–Trinajstić information content (AvgIpc) is 2.52. The lowest BCUT2D eigenvalue weighted by molar-refractivity contribution is 0.305. The van der Waals surface area contributed by atoms with Crippen molar-refractivity contribution in [2.75, 3.05) is 5.88 Å². The monoisotopic (exact) mass is 295 g/mol. The Labute approximate surface area is 129 Å². The summed E-state index contributed by atoms with van der Waals surface area (Å²) in [6.07, 6.45) is 0. The molecule has 0 N–H and O–H groups in total. The van der Waals surface area contributed by atoms with E-state index in [4.69, 9.17) is 21.6 Å². The topological polar surface area (TPSA) is 33.0 Å². The van der Waals surface area contributed by atoms with Crippen molar-refractivity contribution in [2.45, 2.75) is 13.5 Å². The first-order chi connectivity index (χ1) is 10.2. The molecule has 0 heterocycles. The van der Waals surface area contributed by atoms with E-state index in [1.165, 1.54) is 0 Å². The number of halogens is 1. The van der Waals surface area contributed by atoms with Crippen LogP contribution in [0.25, 0.3) is 0 Å². The zero-order valence-electron chi connectivity index (χ0n) is 11.7. The lowest BCUT2D eigenvalue weighted by atomic mass is 10.1. The van der Waals surface area contributed by atoms with Gasteiger partial charge in [0.2, 0.25) is 0 Å². The van der Waals surface area contributed by atoms with E-state index in [1.807, 2.05) is 43.3 Å². The molecule has 0 aliphatic rings. The van der Waals surface area contributed by atoms with Gasteiger partial charge in [0.1, 0.15) is 12.4 Å². The Morgan fingerprint density at radius 2 is 2.00 bits per heavy atom. The van der Waals surface area contributed by atoms with Crippen LogP contribution in [0.15, 0.2) is 42.5 Å². The maximum atomic E-state index is 8.86. The molecule has 0 radical (unpaired) electrons. The standard InChI is InChI=1S/C18H14ClNO/c1-14-10-16(12-20)7-8-17(14)13-21-18-6-2-4-15(11-18)5-3-9-19/h2,4,6-8,10-11H,9,13H2,1H3. The summed E-state index contributed by atoms with van der Waals surface area (Å²) in [4.78, 5) is 0. The summed E-state index contributed by atoms with van der Waals surface area (Å²) in [5.41, 5.74) is 3.65. The molecule has 0 atom stereocenters. The van der Waals surface area contributed by atoms with E-state index in [2.05, 4.69) is 17.9 Å². The van der Waals surface area contributed by atoms with E-state index in [9.17, 15) is 0 Å². The first kappa shape index (κ1) is 15.0. The second-order valence-electron chi connectivity index (χ2n) is 4.50.